The summed E-state index contributed by atoms with van der Waals surface area (Å²) in [5.41, 5.74) is 2.61. The third kappa shape index (κ3) is 3.38. The van der Waals surface area contributed by atoms with Gasteiger partial charge in [0.25, 0.3) is 0 Å². The van der Waals surface area contributed by atoms with Crippen molar-refractivity contribution in [2.24, 2.45) is 17.8 Å². The lowest BCUT2D eigenvalue weighted by molar-refractivity contribution is -0.135. The van der Waals surface area contributed by atoms with Crippen molar-refractivity contribution >= 4 is 5.91 Å². The molecule has 4 atom stereocenters. The first-order chi connectivity index (χ1) is 11.2. The molecule has 1 aromatic rings. The lowest BCUT2D eigenvalue weighted by atomic mass is 9.69. The smallest absolute Gasteiger partial charge is 0.226 e. The summed E-state index contributed by atoms with van der Waals surface area (Å²) in [5.74, 6) is 2.43. The summed E-state index contributed by atoms with van der Waals surface area (Å²) in [6.45, 7) is 3.12. The molecule has 2 radical (unpaired) electrons. The lowest BCUT2D eigenvalue weighted by Gasteiger charge is -2.44. The maximum Gasteiger partial charge on any atom is 0.226 e. The zero-order chi connectivity index (χ0) is 15.8. The largest absolute Gasteiger partial charge is 0.339 e. The molecule has 0 aromatic heterocycles. The van der Waals surface area contributed by atoms with Crippen molar-refractivity contribution in [3.05, 3.63) is 42.8 Å². The second-order valence-corrected chi connectivity index (χ2v) is 8.14. The van der Waals surface area contributed by atoms with Gasteiger partial charge in [-0.3, -0.25) is 4.79 Å². The van der Waals surface area contributed by atoms with Gasteiger partial charge in [-0.2, -0.15) is 0 Å². The number of benzene rings is 1. The van der Waals surface area contributed by atoms with Gasteiger partial charge in [-0.25, -0.2) is 0 Å². The number of hydrogen-bond donors (Lipinski definition) is 0. The van der Waals surface area contributed by atoms with E-state index in [0.29, 0.717) is 11.9 Å². The Hall–Kier alpha value is -1.31. The van der Waals surface area contributed by atoms with Gasteiger partial charge in [0.05, 0.1) is 0 Å². The summed E-state index contributed by atoms with van der Waals surface area (Å²) < 4.78 is 0. The number of hydrogen-bond acceptors (Lipinski definition) is 1. The highest BCUT2D eigenvalue weighted by molar-refractivity contribution is 5.81. The van der Waals surface area contributed by atoms with Gasteiger partial charge in [-0.1, -0.05) is 50.1 Å². The van der Waals surface area contributed by atoms with Gasteiger partial charge >= 0.3 is 0 Å². The molecule has 1 aliphatic heterocycles. The van der Waals surface area contributed by atoms with Crippen LogP contribution in [0.2, 0.25) is 0 Å². The van der Waals surface area contributed by atoms with Gasteiger partial charge in [-0.15, -0.1) is 0 Å². The van der Waals surface area contributed by atoms with Gasteiger partial charge in [0.1, 0.15) is 0 Å². The Morgan fingerprint density at radius 1 is 1.04 bits per heavy atom. The van der Waals surface area contributed by atoms with Gasteiger partial charge in [0.2, 0.25) is 5.91 Å². The number of nitrogens with zero attached hydrogens (tertiary/aromatic N) is 1. The molecule has 1 aromatic carbocycles. The molecule has 2 saturated carbocycles. The predicted octanol–water partition coefficient (Wildman–Crippen LogP) is 4.68. The van der Waals surface area contributed by atoms with E-state index in [1.54, 1.807) is 0 Å². The van der Waals surface area contributed by atoms with Gasteiger partial charge in [-0.05, 0) is 62.8 Å². The van der Waals surface area contributed by atoms with E-state index in [-0.39, 0.29) is 13.3 Å². The minimum atomic E-state index is 0. The Kier molecular flexibility index (Phi) is 5.32. The van der Waals surface area contributed by atoms with E-state index >= 15 is 0 Å². The normalized spacial score (nSPS) is 32.5. The Balaban J connectivity index is 0.00000169. The summed E-state index contributed by atoms with van der Waals surface area (Å²) in [5, 5.41) is 0. The highest BCUT2D eigenvalue weighted by Crippen LogP contribution is 2.43. The standard InChI is InChI=1S/C21H29NO.CH2/c1-15-5-7-17(8-6-15)14-19-11-12-22(21(19)23)20-10-9-16-3-2-4-18(20)13-16;/h5-8,16,18-20H,2-4,9-14H2,1H3;1H2. The first kappa shape index (κ1) is 17.5. The number of carbonyl (C=O) groups excluding carboxylic acids is 1. The summed E-state index contributed by atoms with van der Waals surface area (Å²) in [4.78, 5) is 15.2. The topological polar surface area (TPSA) is 20.3 Å². The number of carbonyl (C=O) groups is 1. The summed E-state index contributed by atoms with van der Waals surface area (Å²) >= 11 is 0. The molecule has 3 fully saturated rings. The number of aryl methyl sites for hydroxylation is 1. The maximum absolute atomic E-state index is 13.0. The van der Waals surface area contributed by atoms with Crippen molar-refractivity contribution < 1.29 is 4.79 Å². The fraction of sp³-hybridized carbons (Fsp3) is 0.636. The first-order valence-corrected chi connectivity index (χ1v) is 9.57. The van der Waals surface area contributed by atoms with Crippen LogP contribution in [0.4, 0.5) is 0 Å². The molecule has 2 heteroatoms. The molecule has 1 amide bonds. The lowest BCUT2D eigenvalue weighted by Crippen LogP contribution is -2.46. The SMILES string of the molecule is Cc1ccc(CC2CCN(C3CCC4CCCC3C4)C2=O)cc1.[CH2]. The van der Waals surface area contributed by atoms with Crippen LogP contribution in [0.25, 0.3) is 0 Å². The van der Waals surface area contributed by atoms with Crippen LogP contribution in [-0.4, -0.2) is 23.4 Å². The number of rotatable bonds is 3. The van der Waals surface area contributed by atoms with Crippen molar-refractivity contribution in [2.75, 3.05) is 6.54 Å². The molecule has 2 aliphatic carbocycles. The van der Waals surface area contributed by atoms with Crippen LogP contribution in [0.15, 0.2) is 24.3 Å². The maximum atomic E-state index is 13.0. The molecular formula is C22H31NO. The fourth-order valence-corrected chi connectivity index (χ4v) is 5.29. The van der Waals surface area contributed by atoms with Crippen LogP contribution >= 0.6 is 0 Å². The molecule has 24 heavy (non-hydrogen) atoms. The summed E-state index contributed by atoms with van der Waals surface area (Å²) in [6.07, 6.45) is 10.2. The zero-order valence-electron chi connectivity index (χ0n) is 15.0. The molecule has 0 N–H and O–H groups in total. The second kappa shape index (κ2) is 7.29. The molecule has 4 unspecified atom stereocenters. The van der Waals surface area contributed by atoms with Gasteiger partial charge in [0.15, 0.2) is 0 Å². The van der Waals surface area contributed by atoms with Crippen LogP contribution in [0.1, 0.15) is 56.1 Å². The quantitative estimate of drug-likeness (QED) is 0.790. The van der Waals surface area contributed by atoms with Crippen LogP contribution in [0, 0.1) is 32.1 Å². The number of fused-ring (bicyclic) bond motifs is 2. The molecule has 1 saturated heterocycles. The van der Waals surface area contributed by atoms with E-state index in [1.807, 2.05) is 0 Å². The monoisotopic (exact) mass is 325 g/mol. The highest BCUT2D eigenvalue weighted by Gasteiger charge is 2.42. The average Bonchev–Trinajstić information content (AvgIpc) is 2.91. The van der Waals surface area contributed by atoms with E-state index in [9.17, 15) is 4.79 Å². The summed E-state index contributed by atoms with van der Waals surface area (Å²) in [6, 6.07) is 9.27. The van der Waals surface area contributed by atoms with E-state index < -0.39 is 0 Å². The van der Waals surface area contributed by atoms with Crippen molar-refractivity contribution in [3.8, 4) is 0 Å². The molecule has 0 spiro atoms. The first-order valence-electron chi connectivity index (χ1n) is 9.57. The van der Waals surface area contributed by atoms with E-state index in [1.165, 1.54) is 49.7 Å². The van der Waals surface area contributed by atoms with Crippen LogP contribution < -0.4 is 0 Å². The summed E-state index contributed by atoms with van der Waals surface area (Å²) in [7, 11) is 0. The highest BCUT2D eigenvalue weighted by atomic mass is 16.2. The number of amides is 1. The number of likely N-dealkylation sites (tertiary alicyclic amines) is 1. The molecule has 4 rings (SSSR count). The molecular weight excluding hydrogens is 294 g/mol. The Bertz CT molecular complexity index is 564. The molecule has 3 aliphatic rings. The van der Waals surface area contributed by atoms with Gasteiger partial charge in [0, 0.05) is 18.5 Å². The minimum absolute atomic E-state index is 0. The molecule has 2 nitrogen and oxygen atoms in total. The van der Waals surface area contributed by atoms with Crippen molar-refractivity contribution in [3.63, 3.8) is 0 Å². The zero-order valence-corrected chi connectivity index (χ0v) is 15.0. The second-order valence-electron chi connectivity index (χ2n) is 8.14. The van der Waals surface area contributed by atoms with Crippen LogP contribution in [0.5, 0.6) is 0 Å². The van der Waals surface area contributed by atoms with E-state index in [2.05, 4.69) is 36.1 Å². The van der Waals surface area contributed by atoms with Gasteiger partial charge < -0.3 is 4.90 Å². The Morgan fingerprint density at radius 3 is 2.62 bits per heavy atom. The van der Waals surface area contributed by atoms with Crippen LogP contribution in [0.3, 0.4) is 0 Å². The third-order valence-corrected chi connectivity index (χ3v) is 6.59. The third-order valence-electron chi connectivity index (χ3n) is 6.59. The Labute approximate surface area is 147 Å². The van der Waals surface area contributed by atoms with Crippen LogP contribution in [-0.2, 0) is 11.2 Å². The average molecular weight is 325 g/mol. The molecule has 1 heterocycles. The molecule has 130 valence electrons. The van der Waals surface area contributed by atoms with E-state index in [0.717, 1.165) is 31.2 Å². The predicted molar refractivity (Wildman–Crippen MR) is 98.5 cm³/mol. The van der Waals surface area contributed by atoms with Crippen molar-refractivity contribution in [2.45, 2.75) is 64.3 Å². The van der Waals surface area contributed by atoms with Crippen molar-refractivity contribution in [1.29, 1.82) is 0 Å². The van der Waals surface area contributed by atoms with E-state index in [4.69, 9.17) is 0 Å². The minimum Gasteiger partial charge on any atom is -0.339 e. The fourth-order valence-electron chi connectivity index (χ4n) is 5.29. The Morgan fingerprint density at radius 2 is 1.83 bits per heavy atom. The van der Waals surface area contributed by atoms with Crippen molar-refractivity contribution in [1.82, 2.24) is 4.90 Å². The molecule has 2 bridgehead atoms.